The van der Waals surface area contributed by atoms with Crippen LogP contribution in [0.25, 0.3) is 10.9 Å². The molecule has 0 aliphatic carbocycles. The maximum absolute atomic E-state index is 13.0. The lowest BCUT2D eigenvalue weighted by atomic mass is 10.00. The molecule has 2 rings (SSSR count). The van der Waals surface area contributed by atoms with E-state index in [4.69, 9.17) is 10.8 Å². The smallest absolute Gasteiger partial charge is 0.322 e. The monoisotopic (exact) mass is 461 g/mol. The number of carboxylic acids is 1. The van der Waals surface area contributed by atoms with Gasteiger partial charge in [-0.1, -0.05) is 32.0 Å². The molecule has 0 radical (unpaired) electrons. The van der Waals surface area contributed by atoms with Gasteiger partial charge in [0.1, 0.15) is 24.7 Å². The van der Waals surface area contributed by atoms with Gasteiger partial charge in [0.2, 0.25) is 17.7 Å². The summed E-state index contributed by atoms with van der Waals surface area (Å²) in [5, 5.41) is 26.7. The summed E-state index contributed by atoms with van der Waals surface area (Å²) >= 11 is 0. The minimum Gasteiger partial charge on any atom is -0.480 e. The summed E-state index contributed by atoms with van der Waals surface area (Å²) in [6.45, 7) is 4.17. The number of para-hydroxylation sites is 1. The van der Waals surface area contributed by atoms with Crippen LogP contribution >= 0.6 is 0 Å². The average molecular weight is 462 g/mol. The number of hydrogen-bond acceptors (Lipinski definition) is 6. The molecular weight excluding hydrogens is 430 g/mol. The average Bonchev–Trinajstić information content (AvgIpc) is 3.16. The molecule has 3 amide bonds. The summed E-state index contributed by atoms with van der Waals surface area (Å²) in [7, 11) is 0. The Morgan fingerprint density at radius 1 is 1.03 bits per heavy atom. The number of aliphatic hydroxyl groups is 1. The molecule has 4 unspecified atom stereocenters. The molecule has 33 heavy (non-hydrogen) atoms. The van der Waals surface area contributed by atoms with E-state index >= 15 is 0 Å². The molecule has 0 aliphatic heterocycles. The van der Waals surface area contributed by atoms with Gasteiger partial charge < -0.3 is 36.9 Å². The number of aliphatic carboxylic acids is 1. The van der Waals surface area contributed by atoms with Gasteiger partial charge in [0.15, 0.2) is 0 Å². The van der Waals surface area contributed by atoms with Crippen molar-refractivity contribution < 1.29 is 29.4 Å². The lowest BCUT2D eigenvalue weighted by Gasteiger charge is -2.26. The highest BCUT2D eigenvalue weighted by atomic mass is 16.4. The van der Waals surface area contributed by atoms with Crippen molar-refractivity contribution in [2.75, 3.05) is 6.54 Å². The summed E-state index contributed by atoms with van der Waals surface area (Å²) in [5.74, 6) is -3.59. The van der Waals surface area contributed by atoms with E-state index in [9.17, 15) is 24.3 Å². The van der Waals surface area contributed by atoms with Gasteiger partial charge in [0.25, 0.3) is 0 Å². The number of benzene rings is 1. The molecule has 0 saturated heterocycles. The van der Waals surface area contributed by atoms with Crippen LogP contribution in [0.15, 0.2) is 30.5 Å². The molecule has 180 valence electrons. The Hall–Kier alpha value is -3.44. The Kier molecular flexibility index (Phi) is 8.94. The van der Waals surface area contributed by atoms with Gasteiger partial charge in [-0.25, -0.2) is 0 Å². The van der Waals surface area contributed by atoms with Crippen molar-refractivity contribution in [1.29, 1.82) is 0 Å². The van der Waals surface area contributed by atoms with E-state index in [1.54, 1.807) is 20.0 Å². The number of carboxylic acid groups (broad SMARTS) is 1. The maximum atomic E-state index is 13.0. The van der Waals surface area contributed by atoms with Crippen LogP contribution in [-0.2, 0) is 25.6 Å². The Morgan fingerprint density at radius 2 is 1.70 bits per heavy atom. The molecule has 0 spiro atoms. The first-order chi connectivity index (χ1) is 15.5. The number of hydrogen-bond donors (Lipinski definition) is 7. The van der Waals surface area contributed by atoms with Crippen molar-refractivity contribution in [3.05, 3.63) is 36.0 Å². The lowest BCUT2D eigenvalue weighted by Crippen LogP contribution is -2.59. The summed E-state index contributed by atoms with van der Waals surface area (Å²) in [6, 6.07) is 4.08. The zero-order chi connectivity index (χ0) is 24.7. The minimum absolute atomic E-state index is 0.0904. The van der Waals surface area contributed by atoms with Gasteiger partial charge in [-0.2, -0.15) is 0 Å². The third-order valence-electron chi connectivity index (χ3n) is 5.22. The normalized spacial score (nSPS) is 14.8. The standard InChI is InChI=1S/C22H31N5O6/c1-11(2)19(27-21(32)18(23)12(3)28)22(33)26-16(20(31)25-10-17(29)30)8-13-9-24-15-7-5-4-6-14(13)15/h4-7,9,11-12,16,18-19,24,28H,8,10,23H2,1-3H3,(H,25,31)(H,26,33)(H,27,32)(H,29,30). The largest absolute Gasteiger partial charge is 0.480 e. The number of H-pyrrole nitrogens is 1. The molecule has 1 heterocycles. The van der Waals surface area contributed by atoms with Crippen LogP contribution in [0.4, 0.5) is 0 Å². The molecule has 8 N–H and O–H groups in total. The molecule has 1 aromatic heterocycles. The van der Waals surface area contributed by atoms with Gasteiger partial charge in [-0.3, -0.25) is 19.2 Å². The molecule has 4 atom stereocenters. The van der Waals surface area contributed by atoms with E-state index in [0.717, 1.165) is 16.5 Å². The van der Waals surface area contributed by atoms with Crippen LogP contribution in [0, 0.1) is 5.92 Å². The van der Waals surface area contributed by atoms with E-state index in [1.807, 2.05) is 24.3 Å². The Balaban J connectivity index is 2.23. The first kappa shape index (κ1) is 25.8. The minimum atomic E-state index is -1.22. The second kappa shape index (κ2) is 11.4. The van der Waals surface area contributed by atoms with Gasteiger partial charge in [0.05, 0.1) is 6.10 Å². The number of aliphatic hydroxyl groups excluding tert-OH is 1. The van der Waals surface area contributed by atoms with Crippen molar-refractivity contribution in [3.63, 3.8) is 0 Å². The first-order valence-corrected chi connectivity index (χ1v) is 10.6. The van der Waals surface area contributed by atoms with E-state index in [2.05, 4.69) is 20.9 Å². The highest BCUT2D eigenvalue weighted by Crippen LogP contribution is 2.19. The van der Waals surface area contributed by atoms with E-state index in [0.29, 0.717) is 0 Å². The van der Waals surface area contributed by atoms with Gasteiger partial charge in [-0.05, 0) is 24.5 Å². The van der Waals surface area contributed by atoms with Crippen molar-refractivity contribution >= 4 is 34.6 Å². The number of nitrogens with one attached hydrogen (secondary N) is 4. The number of carbonyl (C=O) groups excluding carboxylic acids is 3. The third kappa shape index (κ3) is 7.02. The molecule has 2 aromatic rings. The third-order valence-corrected chi connectivity index (χ3v) is 5.22. The summed E-state index contributed by atoms with van der Waals surface area (Å²) in [5.41, 5.74) is 7.25. The molecule has 11 heteroatoms. The van der Waals surface area contributed by atoms with Crippen molar-refractivity contribution in [3.8, 4) is 0 Å². The van der Waals surface area contributed by atoms with Crippen LogP contribution in [-0.4, -0.2) is 69.7 Å². The quantitative estimate of drug-likeness (QED) is 0.229. The first-order valence-electron chi connectivity index (χ1n) is 10.6. The number of carbonyl (C=O) groups is 4. The SMILES string of the molecule is CC(C)C(NC(=O)C(N)C(C)O)C(=O)NC(Cc1c[nH]c2ccccc12)C(=O)NCC(=O)O. The number of aromatic amines is 1. The van der Waals surface area contributed by atoms with Crippen molar-refractivity contribution in [2.45, 2.75) is 51.4 Å². The van der Waals surface area contributed by atoms with E-state index in [-0.39, 0.29) is 12.3 Å². The van der Waals surface area contributed by atoms with Crippen LogP contribution < -0.4 is 21.7 Å². The molecule has 0 aliphatic rings. The molecule has 1 aromatic carbocycles. The Morgan fingerprint density at radius 3 is 2.30 bits per heavy atom. The summed E-state index contributed by atoms with van der Waals surface area (Å²) in [6.07, 6.45) is 0.697. The van der Waals surface area contributed by atoms with Gasteiger partial charge in [-0.15, -0.1) is 0 Å². The number of fused-ring (bicyclic) bond motifs is 1. The van der Waals surface area contributed by atoms with Crippen LogP contribution in [0.2, 0.25) is 0 Å². The number of rotatable bonds is 11. The van der Waals surface area contributed by atoms with Crippen LogP contribution in [0.1, 0.15) is 26.3 Å². The van der Waals surface area contributed by atoms with Crippen LogP contribution in [0.3, 0.4) is 0 Å². The second-order valence-electron chi connectivity index (χ2n) is 8.23. The Labute approximate surface area is 191 Å². The lowest BCUT2D eigenvalue weighted by molar-refractivity contribution is -0.138. The predicted octanol–water partition coefficient (Wildman–Crippen LogP) is -0.755. The predicted molar refractivity (Wildman–Crippen MR) is 121 cm³/mol. The fraction of sp³-hybridized carbons (Fsp3) is 0.455. The maximum Gasteiger partial charge on any atom is 0.322 e. The van der Waals surface area contributed by atoms with Crippen LogP contribution in [0.5, 0.6) is 0 Å². The van der Waals surface area contributed by atoms with Crippen molar-refractivity contribution in [1.82, 2.24) is 20.9 Å². The van der Waals surface area contributed by atoms with E-state index < -0.39 is 54.5 Å². The van der Waals surface area contributed by atoms with E-state index in [1.165, 1.54) is 6.92 Å². The number of aromatic nitrogens is 1. The highest BCUT2D eigenvalue weighted by molar-refractivity contribution is 5.94. The molecule has 0 bridgehead atoms. The highest BCUT2D eigenvalue weighted by Gasteiger charge is 2.31. The number of nitrogens with two attached hydrogens (primary N) is 1. The van der Waals surface area contributed by atoms with Gasteiger partial charge >= 0.3 is 5.97 Å². The van der Waals surface area contributed by atoms with Gasteiger partial charge in [0, 0.05) is 23.5 Å². The summed E-state index contributed by atoms with van der Waals surface area (Å²) < 4.78 is 0. The molecule has 0 fully saturated rings. The molecular formula is C22H31N5O6. The second-order valence-corrected chi connectivity index (χ2v) is 8.23. The topological polar surface area (TPSA) is 187 Å². The fourth-order valence-electron chi connectivity index (χ4n) is 3.28. The summed E-state index contributed by atoms with van der Waals surface area (Å²) in [4.78, 5) is 52.0. The van der Waals surface area contributed by atoms with Crippen molar-refractivity contribution in [2.24, 2.45) is 11.7 Å². The Bertz CT molecular complexity index is 1000. The zero-order valence-electron chi connectivity index (χ0n) is 18.8. The number of amides is 3. The molecule has 11 nitrogen and oxygen atoms in total. The fourth-order valence-corrected chi connectivity index (χ4v) is 3.28. The zero-order valence-corrected chi connectivity index (χ0v) is 18.8. The molecule has 0 saturated carbocycles.